The fourth-order valence-corrected chi connectivity index (χ4v) is 4.99. The molecule has 1 heterocycles. The van der Waals surface area contributed by atoms with Crippen molar-refractivity contribution >= 4 is 17.3 Å². The van der Waals surface area contributed by atoms with Crippen LogP contribution >= 0.6 is 0 Å². The zero-order chi connectivity index (χ0) is 19.6. The van der Waals surface area contributed by atoms with E-state index in [1.54, 1.807) is 7.11 Å². The van der Waals surface area contributed by atoms with Crippen LogP contribution < -0.4 is 19.5 Å². The maximum Gasteiger partial charge on any atom is 0.231 e. The summed E-state index contributed by atoms with van der Waals surface area (Å²) in [5.41, 5.74) is 4.03. The number of nitrogens with one attached hydrogen (secondary N) is 1. The average Bonchev–Trinajstić information content (AvgIpc) is 3.18. The fraction of sp³-hybridized carbons (Fsp3) is 0.429. The molecule has 1 aromatic rings. The van der Waals surface area contributed by atoms with Gasteiger partial charge in [0.25, 0.3) is 0 Å². The number of rotatable bonds is 3. The maximum atomic E-state index is 12.8. The molecular formula is C21H21NO6. The van der Waals surface area contributed by atoms with Gasteiger partial charge in [-0.3, -0.25) is 9.59 Å². The number of carbonyl (C=O) groups excluding carboxylic acids is 2. The van der Waals surface area contributed by atoms with E-state index in [0.717, 1.165) is 28.7 Å². The molecule has 0 aromatic heterocycles. The number of allylic oxidation sites excluding steroid dienone is 3. The Hall–Kier alpha value is -2.96. The summed E-state index contributed by atoms with van der Waals surface area (Å²) in [6.07, 6.45) is 3.32. The van der Waals surface area contributed by atoms with Crippen molar-refractivity contribution in [3.8, 4) is 17.2 Å². The van der Waals surface area contributed by atoms with Crippen molar-refractivity contribution in [2.75, 3.05) is 21.0 Å². The lowest BCUT2D eigenvalue weighted by Crippen LogP contribution is -2.44. The normalized spacial score (nSPS) is 26.5. The van der Waals surface area contributed by atoms with Crippen LogP contribution in [0.4, 0.5) is 0 Å². The van der Waals surface area contributed by atoms with Gasteiger partial charge in [0.2, 0.25) is 24.2 Å². The molecule has 0 fully saturated rings. The van der Waals surface area contributed by atoms with E-state index in [9.17, 15) is 9.59 Å². The van der Waals surface area contributed by atoms with Crippen molar-refractivity contribution in [1.29, 1.82) is 0 Å². The Morgan fingerprint density at radius 1 is 1.25 bits per heavy atom. The number of fused-ring (bicyclic) bond motifs is 6. The van der Waals surface area contributed by atoms with Crippen LogP contribution in [0.2, 0.25) is 0 Å². The van der Waals surface area contributed by atoms with Crippen molar-refractivity contribution in [1.82, 2.24) is 5.32 Å². The first-order valence-corrected chi connectivity index (χ1v) is 9.36. The predicted molar refractivity (Wildman–Crippen MR) is 99.0 cm³/mol. The van der Waals surface area contributed by atoms with Crippen molar-refractivity contribution in [3.05, 3.63) is 34.6 Å². The number of benzene rings is 1. The molecule has 5 rings (SSSR count). The molecule has 4 aliphatic rings. The zero-order valence-corrected chi connectivity index (χ0v) is 16.0. The minimum Gasteiger partial charge on any atom is -0.493 e. The van der Waals surface area contributed by atoms with Crippen LogP contribution in [-0.4, -0.2) is 38.7 Å². The number of methoxy groups -OCH3 is 2. The highest BCUT2D eigenvalue weighted by Gasteiger charge is 2.54. The number of hydrogen-bond donors (Lipinski definition) is 1. The summed E-state index contributed by atoms with van der Waals surface area (Å²) in [5, 5.41) is 3.03. The van der Waals surface area contributed by atoms with E-state index in [1.807, 2.05) is 12.1 Å². The van der Waals surface area contributed by atoms with Crippen LogP contribution in [0.25, 0.3) is 5.57 Å². The highest BCUT2D eigenvalue weighted by atomic mass is 16.7. The van der Waals surface area contributed by atoms with E-state index in [-0.39, 0.29) is 36.4 Å². The number of aryl methyl sites for hydroxylation is 1. The number of hydrogen-bond acceptors (Lipinski definition) is 6. The largest absolute Gasteiger partial charge is 0.493 e. The minimum absolute atomic E-state index is 0.0234. The lowest BCUT2D eigenvalue weighted by Gasteiger charge is -2.40. The molecule has 28 heavy (non-hydrogen) atoms. The fourth-order valence-electron chi connectivity index (χ4n) is 4.99. The van der Waals surface area contributed by atoms with Crippen LogP contribution in [0.3, 0.4) is 0 Å². The lowest BCUT2D eigenvalue weighted by atomic mass is 9.64. The van der Waals surface area contributed by atoms with Crippen LogP contribution in [0.1, 0.15) is 24.5 Å². The van der Waals surface area contributed by atoms with Gasteiger partial charge in [-0.05, 0) is 41.7 Å². The van der Waals surface area contributed by atoms with E-state index < -0.39 is 0 Å². The Bertz CT molecular complexity index is 976. The van der Waals surface area contributed by atoms with Gasteiger partial charge in [-0.1, -0.05) is 0 Å². The van der Waals surface area contributed by atoms with Gasteiger partial charge in [-0.2, -0.15) is 0 Å². The maximum absolute atomic E-state index is 12.8. The van der Waals surface area contributed by atoms with Crippen LogP contribution in [0.15, 0.2) is 23.5 Å². The molecule has 0 radical (unpaired) electrons. The number of carbonyl (C=O) groups is 2. The third kappa shape index (κ3) is 2.16. The smallest absolute Gasteiger partial charge is 0.231 e. The second-order valence-electron chi connectivity index (χ2n) is 7.44. The molecular weight excluding hydrogens is 362 g/mol. The number of amides is 1. The van der Waals surface area contributed by atoms with E-state index >= 15 is 0 Å². The summed E-state index contributed by atoms with van der Waals surface area (Å²) in [7, 11) is 3.12. The van der Waals surface area contributed by atoms with Crippen molar-refractivity contribution in [3.63, 3.8) is 0 Å². The molecule has 0 unspecified atom stereocenters. The molecule has 1 N–H and O–H groups in total. The molecule has 3 atom stereocenters. The quantitative estimate of drug-likeness (QED) is 0.860. The average molecular weight is 383 g/mol. The third-order valence-electron chi connectivity index (χ3n) is 6.04. The van der Waals surface area contributed by atoms with Crippen LogP contribution in [0.5, 0.6) is 17.2 Å². The van der Waals surface area contributed by atoms with Gasteiger partial charge < -0.3 is 24.3 Å². The van der Waals surface area contributed by atoms with Gasteiger partial charge in [-0.15, -0.1) is 0 Å². The molecule has 1 aromatic carbocycles. The van der Waals surface area contributed by atoms with Gasteiger partial charge in [0, 0.05) is 18.4 Å². The summed E-state index contributed by atoms with van der Waals surface area (Å²) in [6, 6.07) is 1.79. The first-order valence-electron chi connectivity index (χ1n) is 9.36. The van der Waals surface area contributed by atoms with Gasteiger partial charge in [0.15, 0.2) is 17.3 Å². The van der Waals surface area contributed by atoms with E-state index in [4.69, 9.17) is 18.9 Å². The molecule has 0 bridgehead atoms. The second-order valence-corrected chi connectivity index (χ2v) is 7.44. The van der Waals surface area contributed by atoms with Gasteiger partial charge in [0.05, 0.1) is 26.2 Å². The summed E-state index contributed by atoms with van der Waals surface area (Å²) in [6.45, 7) is 1.66. The molecule has 7 heteroatoms. The number of ether oxygens (including phenoxy) is 4. The van der Waals surface area contributed by atoms with E-state index in [0.29, 0.717) is 29.4 Å². The van der Waals surface area contributed by atoms with Crippen LogP contribution in [-0.2, 0) is 20.7 Å². The van der Waals surface area contributed by atoms with Crippen molar-refractivity contribution in [2.45, 2.75) is 25.8 Å². The summed E-state index contributed by atoms with van der Waals surface area (Å²) in [4.78, 5) is 24.7. The highest BCUT2D eigenvalue weighted by molar-refractivity contribution is 6.08. The van der Waals surface area contributed by atoms with Crippen LogP contribution in [0, 0.1) is 11.8 Å². The zero-order valence-electron chi connectivity index (χ0n) is 16.0. The van der Waals surface area contributed by atoms with Crippen molar-refractivity contribution in [2.24, 2.45) is 11.8 Å². The molecule has 146 valence electrons. The monoisotopic (exact) mass is 383 g/mol. The first-order chi connectivity index (χ1) is 13.5. The topological polar surface area (TPSA) is 83.1 Å². The Morgan fingerprint density at radius 2 is 2.07 bits per heavy atom. The summed E-state index contributed by atoms with van der Waals surface area (Å²) in [5.74, 6) is 1.76. The molecule has 7 nitrogen and oxygen atoms in total. The Balaban J connectivity index is 1.73. The molecule has 0 saturated heterocycles. The van der Waals surface area contributed by atoms with Gasteiger partial charge in [-0.25, -0.2) is 0 Å². The van der Waals surface area contributed by atoms with E-state index in [1.165, 1.54) is 14.0 Å². The number of ketones is 1. The second kappa shape index (κ2) is 6.02. The Kier molecular flexibility index (Phi) is 3.69. The van der Waals surface area contributed by atoms with Crippen molar-refractivity contribution < 1.29 is 28.5 Å². The standard InChI is InChI=1S/C21H21NO6/c1-9(23)22-12-5-4-10-6-14-20(28-8-27-14)21(26-3)15(10)16-11-7-13(25-2)19(24)17(11)18(12)16/h6-7,11-12,17H,4-5,8H2,1-3H3,(H,22,23)/t11-,12+,17-/m1/s1. The first kappa shape index (κ1) is 17.2. The molecule has 1 aliphatic heterocycles. The third-order valence-corrected chi connectivity index (χ3v) is 6.04. The van der Waals surface area contributed by atoms with Gasteiger partial charge in [0.1, 0.15) is 0 Å². The lowest BCUT2D eigenvalue weighted by molar-refractivity contribution is -0.122. The highest BCUT2D eigenvalue weighted by Crippen LogP contribution is 2.60. The summed E-state index contributed by atoms with van der Waals surface area (Å²) >= 11 is 0. The number of Topliss-reactive ketones (excluding diaryl/α,β-unsaturated/α-hetero) is 1. The van der Waals surface area contributed by atoms with Gasteiger partial charge >= 0.3 is 0 Å². The molecule has 1 amide bonds. The Morgan fingerprint density at radius 3 is 2.79 bits per heavy atom. The van der Waals surface area contributed by atoms with E-state index in [2.05, 4.69) is 5.32 Å². The predicted octanol–water partition coefficient (Wildman–Crippen LogP) is 1.99. The SMILES string of the molecule is COC1=C[C@@H]2C3=C([C@@H]2C1=O)[C@@H](NC(C)=O)CCc1cc2c(c(OC)c13)OCO2. The Labute approximate surface area is 162 Å². The minimum atomic E-state index is -0.289. The molecule has 0 saturated carbocycles. The summed E-state index contributed by atoms with van der Waals surface area (Å²) < 4.78 is 22.3. The molecule has 3 aliphatic carbocycles. The molecule has 0 spiro atoms.